The van der Waals surface area contributed by atoms with Crippen LogP contribution in [0.2, 0.25) is 0 Å². The Bertz CT molecular complexity index is 634. The molecule has 0 saturated carbocycles. The molecule has 0 amide bonds. The first-order chi connectivity index (χ1) is 10.8. The van der Waals surface area contributed by atoms with Crippen molar-refractivity contribution in [3.63, 3.8) is 0 Å². The lowest BCUT2D eigenvalue weighted by Crippen LogP contribution is -2.53. The molecule has 23 heavy (non-hydrogen) atoms. The summed E-state index contributed by atoms with van der Waals surface area (Å²) in [6, 6.07) is 4.41. The maximum atomic E-state index is 11.5. The zero-order chi connectivity index (χ0) is 16.5. The van der Waals surface area contributed by atoms with Crippen LogP contribution in [-0.4, -0.2) is 50.9 Å². The van der Waals surface area contributed by atoms with Crippen LogP contribution >= 0.6 is 11.3 Å². The number of aryl methyl sites for hydroxylation is 1. The van der Waals surface area contributed by atoms with Gasteiger partial charge in [-0.2, -0.15) is 0 Å². The lowest BCUT2D eigenvalue weighted by Gasteiger charge is -2.46. The van der Waals surface area contributed by atoms with E-state index in [1.165, 1.54) is 16.0 Å². The first kappa shape index (κ1) is 17.4. The molecule has 3 rings (SSSR count). The summed E-state index contributed by atoms with van der Waals surface area (Å²) in [6.07, 6.45) is 4.78. The Balaban J connectivity index is 1.54. The number of hydrogen-bond acceptors (Lipinski definition) is 5. The van der Waals surface area contributed by atoms with Gasteiger partial charge in [-0.05, 0) is 44.7 Å². The minimum absolute atomic E-state index is 0.0187. The van der Waals surface area contributed by atoms with Gasteiger partial charge < -0.3 is 4.74 Å². The Morgan fingerprint density at radius 3 is 2.74 bits per heavy atom. The molecule has 5 nitrogen and oxygen atoms in total. The van der Waals surface area contributed by atoms with Crippen LogP contribution in [0.3, 0.4) is 0 Å². The number of ether oxygens (including phenoxy) is 1. The zero-order valence-corrected chi connectivity index (χ0v) is 15.5. The molecule has 2 aliphatic heterocycles. The number of rotatable bonds is 4. The number of hydrogen-bond donors (Lipinski definition) is 1. The number of nitrogens with zero attached hydrogens (tertiary/aromatic N) is 1. The molecule has 0 bridgehead atoms. The summed E-state index contributed by atoms with van der Waals surface area (Å²) in [4.78, 5) is 5.26. The molecule has 1 aromatic rings. The van der Waals surface area contributed by atoms with Gasteiger partial charge in [-0.3, -0.25) is 4.90 Å². The van der Waals surface area contributed by atoms with Crippen LogP contribution in [0.15, 0.2) is 12.1 Å². The highest BCUT2D eigenvalue weighted by Gasteiger charge is 2.40. The Hall–Kier alpha value is -0.470. The first-order valence-corrected chi connectivity index (χ1v) is 10.9. The lowest BCUT2D eigenvalue weighted by molar-refractivity contribution is -0.118. The molecule has 0 aliphatic carbocycles. The molecule has 0 aromatic carbocycles. The van der Waals surface area contributed by atoms with Gasteiger partial charge in [-0.15, -0.1) is 11.3 Å². The van der Waals surface area contributed by atoms with E-state index in [1.807, 2.05) is 11.3 Å². The Morgan fingerprint density at radius 1 is 1.39 bits per heavy atom. The second-order valence-electron chi connectivity index (χ2n) is 6.90. The van der Waals surface area contributed by atoms with E-state index in [0.29, 0.717) is 6.61 Å². The first-order valence-electron chi connectivity index (χ1n) is 8.23. The van der Waals surface area contributed by atoms with Crippen molar-refractivity contribution >= 4 is 21.4 Å². The molecule has 7 heteroatoms. The number of likely N-dealkylation sites (tertiary alicyclic amines) is 1. The van der Waals surface area contributed by atoms with Crippen LogP contribution in [-0.2, 0) is 21.3 Å². The van der Waals surface area contributed by atoms with E-state index in [-0.39, 0.29) is 11.6 Å². The van der Waals surface area contributed by atoms with Crippen molar-refractivity contribution in [2.75, 3.05) is 26.0 Å². The number of thiophene rings is 1. The monoisotopic (exact) mass is 358 g/mol. The van der Waals surface area contributed by atoms with Crippen molar-refractivity contribution in [1.29, 1.82) is 0 Å². The molecule has 3 heterocycles. The third-order valence-corrected chi connectivity index (χ3v) is 6.56. The summed E-state index contributed by atoms with van der Waals surface area (Å²) >= 11 is 1.87. The van der Waals surface area contributed by atoms with E-state index >= 15 is 0 Å². The lowest BCUT2D eigenvalue weighted by atomic mass is 9.82. The van der Waals surface area contributed by atoms with Gasteiger partial charge in [0.1, 0.15) is 0 Å². The molecule has 1 N–H and O–H groups in total. The quantitative estimate of drug-likeness (QED) is 0.896. The summed E-state index contributed by atoms with van der Waals surface area (Å²) in [6.45, 7) is 5.84. The zero-order valence-electron chi connectivity index (χ0n) is 13.9. The van der Waals surface area contributed by atoms with Crippen molar-refractivity contribution in [1.82, 2.24) is 9.62 Å². The van der Waals surface area contributed by atoms with Gasteiger partial charge in [-0.25, -0.2) is 13.1 Å². The normalized spacial score (nSPS) is 25.7. The van der Waals surface area contributed by atoms with E-state index in [1.54, 1.807) is 0 Å². The van der Waals surface area contributed by atoms with Gasteiger partial charge >= 0.3 is 0 Å². The van der Waals surface area contributed by atoms with Gasteiger partial charge in [0.2, 0.25) is 10.0 Å². The molecule has 1 aromatic heterocycles. The van der Waals surface area contributed by atoms with Crippen LogP contribution in [0.1, 0.15) is 35.4 Å². The predicted molar refractivity (Wildman–Crippen MR) is 93.3 cm³/mol. The fourth-order valence-electron chi connectivity index (χ4n) is 3.69. The van der Waals surface area contributed by atoms with E-state index in [4.69, 9.17) is 4.74 Å². The molecule has 0 unspecified atom stereocenters. The van der Waals surface area contributed by atoms with Crippen LogP contribution < -0.4 is 4.72 Å². The van der Waals surface area contributed by atoms with Crippen molar-refractivity contribution in [3.8, 4) is 0 Å². The highest BCUT2D eigenvalue weighted by Crippen LogP contribution is 2.35. The third kappa shape index (κ3) is 4.76. The van der Waals surface area contributed by atoms with Crippen LogP contribution in [0.25, 0.3) is 0 Å². The Labute approximate surface area is 143 Å². The van der Waals surface area contributed by atoms with E-state index in [9.17, 15) is 8.42 Å². The smallest absolute Gasteiger partial charge is 0.208 e. The molecule has 2 saturated heterocycles. The van der Waals surface area contributed by atoms with Crippen molar-refractivity contribution in [2.45, 2.75) is 50.8 Å². The second kappa shape index (κ2) is 6.80. The SMILES string of the molecule is Cc1ccc(CN2CCC3(CC2)C[C@H](NS(C)(=O)=O)CCO3)s1. The van der Waals surface area contributed by atoms with E-state index in [2.05, 4.69) is 28.7 Å². The van der Waals surface area contributed by atoms with Crippen LogP contribution in [0, 0.1) is 6.92 Å². The molecule has 1 atom stereocenters. The maximum Gasteiger partial charge on any atom is 0.208 e. The fourth-order valence-corrected chi connectivity index (χ4v) is 5.43. The topological polar surface area (TPSA) is 58.6 Å². The maximum absolute atomic E-state index is 11.5. The van der Waals surface area contributed by atoms with Crippen molar-refractivity contribution in [2.24, 2.45) is 0 Å². The summed E-state index contributed by atoms with van der Waals surface area (Å²) in [5.74, 6) is 0. The largest absolute Gasteiger partial charge is 0.375 e. The molecular formula is C16H26N2O3S2. The molecule has 130 valence electrons. The second-order valence-corrected chi connectivity index (χ2v) is 10.1. The van der Waals surface area contributed by atoms with Gasteiger partial charge in [0.15, 0.2) is 0 Å². The van der Waals surface area contributed by atoms with Crippen LogP contribution in [0.4, 0.5) is 0 Å². The van der Waals surface area contributed by atoms with Gasteiger partial charge in [0.25, 0.3) is 0 Å². The minimum Gasteiger partial charge on any atom is -0.375 e. The molecule has 0 radical (unpaired) electrons. The van der Waals surface area contributed by atoms with Gasteiger partial charge in [-0.1, -0.05) is 0 Å². The standard InChI is InChI=1S/C16H26N2O3S2/c1-13-3-4-15(22-13)12-18-8-6-16(7-9-18)11-14(5-10-21-16)17-23(2,19)20/h3-4,14,17H,5-12H2,1-2H3/t14-/m1/s1. The number of piperidine rings is 1. The van der Waals surface area contributed by atoms with Gasteiger partial charge in [0.05, 0.1) is 11.9 Å². The van der Waals surface area contributed by atoms with Crippen molar-refractivity contribution in [3.05, 3.63) is 21.9 Å². The highest BCUT2D eigenvalue weighted by atomic mass is 32.2. The average Bonchev–Trinajstić information content (AvgIpc) is 2.85. The highest BCUT2D eigenvalue weighted by molar-refractivity contribution is 7.88. The molecule has 2 fully saturated rings. The number of sulfonamides is 1. The third-order valence-electron chi connectivity index (χ3n) is 4.82. The Morgan fingerprint density at radius 2 is 2.13 bits per heavy atom. The average molecular weight is 359 g/mol. The summed E-state index contributed by atoms with van der Waals surface area (Å²) in [5, 5.41) is 0. The van der Waals surface area contributed by atoms with E-state index in [0.717, 1.165) is 45.3 Å². The molecular weight excluding hydrogens is 332 g/mol. The molecule has 1 spiro atoms. The summed E-state index contributed by atoms with van der Waals surface area (Å²) < 4.78 is 31.8. The summed E-state index contributed by atoms with van der Waals surface area (Å²) in [7, 11) is -3.14. The molecule has 2 aliphatic rings. The van der Waals surface area contributed by atoms with Crippen molar-refractivity contribution < 1.29 is 13.2 Å². The predicted octanol–water partition coefficient (Wildman–Crippen LogP) is 2.12. The van der Waals surface area contributed by atoms with Gasteiger partial charge in [0, 0.05) is 42.0 Å². The fraction of sp³-hybridized carbons (Fsp3) is 0.750. The minimum atomic E-state index is -3.14. The summed E-state index contributed by atoms with van der Waals surface area (Å²) in [5.41, 5.74) is -0.136. The number of nitrogens with one attached hydrogen (secondary N) is 1. The Kier molecular flexibility index (Phi) is 5.13. The van der Waals surface area contributed by atoms with Crippen LogP contribution in [0.5, 0.6) is 0 Å². The van der Waals surface area contributed by atoms with E-state index < -0.39 is 10.0 Å².